The Hall–Kier alpha value is -1.20. The molecule has 0 aliphatic heterocycles. The standard InChI is InChI=1S/C30H46O5/c1-25(2)13-14-30(24(34)35)19(15-25)18-7-8-21-26(3)11-10-22(32)27(4,17-31)20(26)9-12-28(21,5)29(18,6)16-23(30)33/h7,17,19-23,32-33H,8-16H2,1-6H3,(H,34,35)/t19?,20-,21?,22+,23?,26?,27-,28+,29-,30-/m1/s1. The molecule has 4 unspecified atom stereocenters. The van der Waals surface area contributed by atoms with Gasteiger partial charge in [0.15, 0.2) is 0 Å². The van der Waals surface area contributed by atoms with Crippen LogP contribution in [0.25, 0.3) is 0 Å². The fourth-order valence-electron chi connectivity index (χ4n) is 10.6. The maximum absolute atomic E-state index is 12.8. The van der Waals surface area contributed by atoms with E-state index in [9.17, 15) is 24.9 Å². The number of carboxylic acid groups (broad SMARTS) is 1. The first-order chi connectivity index (χ1) is 16.1. The van der Waals surface area contributed by atoms with E-state index in [1.54, 1.807) is 0 Å². The minimum Gasteiger partial charge on any atom is -0.481 e. The molecule has 3 N–H and O–H groups in total. The van der Waals surface area contributed by atoms with E-state index in [4.69, 9.17) is 0 Å². The summed E-state index contributed by atoms with van der Waals surface area (Å²) in [6.07, 6.45) is 8.83. The number of rotatable bonds is 2. The van der Waals surface area contributed by atoms with Crippen molar-refractivity contribution in [2.45, 2.75) is 112 Å². The molecule has 0 aromatic rings. The molecule has 10 atom stereocenters. The Morgan fingerprint density at radius 1 is 0.914 bits per heavy atom. The summed E-state index contributed by atoms with van der Waals surface area (Å²) >= 11 is 0. The van der Waals surface area contributed by atoms with E-state index < -0.39 is 29.0 Å². The van der Waals surface area contributed by atoms with Gasteiger partial charge in [0.25, 0.3) is 0 Å². The second-order valence-corrected chi connectivity index (χ2v) is 14.8. The molecule has 0 bridgehead atoms. The third kappa shape index (κ3) is 2.94. The average molecular weight is 487 g/mol. The lowest BCUT2D eigenvalue weighted by atomic mass is 9.33. The number of aliphatic carboxylic acids is 1. The number of fused-ring (bicyclic) bond motifs is 7. The topological polar surface area (TPSA) is 94.8 Å². The summed E-state index contributed by atoms with van der Waals surface area (Å²) in [5.74, 6) is -0.517. The first kappa shape index (κ1) is 25.4. The predicted molar refractivity (Wildman–Crippen MR) is 134 cm³/mol. The molecular weight excluding hydrogens is 440 g/mol. The highest BCUT2D eigenvalue weighted by Gasteiger charge is 2.71. The van der Waals surface area contributed by atoms with E-state index in [0.717, 1.165) is 44.8 Å². The first-order valence-electron chi connectivity index (χ1n) is 13.9. The zero-order valence-electron chi connectivity index (χ0n) is 22.6. The maximum Gasteiger partial charge on any atom is 0.312 e. The van der Waals surface area contributed by atoms with Crippen LogP contribution in [0.1, 0.15) is 99.3 Å². The van der Waals surface area contributed by atoms with E-state index in [1.165, 1.54) is 5.57 Å². The smallest absolute Gasteiger partial charge is 0.312 e. The van der Waals surface area contributed by atoms with Gasteiger partial charge >= 0.3 is 5.97 Å². The highest BCUT2D eigenvalue weighted by molar-refractivity contribution is 5.77. The molecule has 5 aliphatic carbocycles. The monoisotopic (exact) mass is 486 g/mol. The number of carbonyl (C=O) groups excluding carboxylic acids is 1. The molecule has 196 valence electrons. The van der Waals surface area contributed by atoms with Crippen LogP contribution in [0.5, 0.6) is 0 Å². The summed E-state index contributed by atoms with van der Waals surface area (Å²) in [7, 11) is 0. The van der Waals surface area contributed by atoms with E-state index in [2.05, 4.69) is 40.7 Å². The van der Waals surface area contributed by atoms with E-state index in [0.29, 0.717) is 25.2 Å². The fourth-order valence-corrected chi connectivity index (χ4v) is 10.6. The quantitative estimate of drug-likeness (QED) is 0.360. The van der Waals surface area contributed by atoms with Gasteiger partial charge in [0.05, 0.1) is 17.6 Å². The Morgan fingerprint density at radius 3 is 2.23 bits per heavy atom. The molecule has 0 saturated heterocycles. The summed E-state index contributed by atoms with van der Waals surface area (Å²) in [4.78, 5) is 25.1. The Balaban J connectivity index is 1.63. The number of hydrogen-bond donors (Lipinski definition) is 3. The molecule has 4 saturated carbocycles. The van der Waals surface area contributed by atoms with Crippen LogP contribution in [0.4, 0.5) is 0 Å². The Bertz CT molecular complexity index is 970. The van der Waals surface area contributed by atoms with Crippen LogP contribution in [0.2, 0.25) is 0 Å². The number of aldehydes is 1. The average Bonchev–Trinajstić information content (AvgIpc) is 2.76. The Kier molecular flexibility index (Phi) is 5.40. The lowest BCUT2D eigenvalue weighted by Gasteiger charge is -2.71. The van der Waals surface area contributed by atoms with Gasteiger partial charge in [-0.2, -0.15) is 0 Å². The second-order valence-electron chi connectivity index (χ2n) is 14.8. The Morgan fingerprint density at radius 2 is 1.60 bits per heavy atom. The number of hydrogen-bond acceptors (Lipinski definition) is 4. The molecule has 4 fully saturated rings. The van der Waals surface area contributed by atoms with Crippen molar-refractivity contribution in [3.8, 4) is 0 Å². The van der Waals surface area contributed by atoms with Crippen molar-refractivity contribution in [3.63, 3.8) is 0 Å². The summed E-state index contributed by atoms with van der Waals surface area (Å²) in [6, 6.07) is 0. The minimum absolute atomic E-state index is 0.0507. The van der Waals surface area contributed by atoms with Gasteiger partial charge in [-0.3, -0.25) is 4.79 Å². The zero-order chi connectivity index (χ0) is 25.8. The lowest BCUT2D eigenvalue weighted by molar-refractivity contribution is -0.217. The van der Waals surface area contributed by atoms with Gasteiger partial charge in [-0.25, -0.2) is 0 Å². The molecule has 0 radical (unpaired) electrons. The number of allylic oxidation sites excluding steroid dienone is 2. The van der Waals surface area contributed by atoms with Gasteiger partial charge < -0.3 is 20.1 Å². The van der Waals surface area contributed by atoms with Crippen molar-refractivity contribution in [2.24, 2.45) is 50.2 Å². The predicted octanol–water partition coefficient (Wildman–Crippen LogP) is 5.38. The molecule has 0 spiro atoms. The van der Waals surface area contributed by atoms with Crippen LogP contribution >= 0.6 is 0 Å². The maximum atomic E-state index is 12.8. The number of carbonyl (C=O) groups is 2. The number of aliphatic hydroxyl groups excluding tert-OH is 2. The van der Waals surface area contributed by atoms with Crippen LogP contribution in [-0.2, 0) is 9.59 Å². The van der Waals surface area contributed by atoms with Crippen molar-refractivity contribution in [2.75, 3.05) is 0 Å². The van der Waals surface area contributed by atoms with E-state index in [-0.39, 0.29) is 33.5 Å². The van der Waals surface area contributed by atoms with Crippen molar-refractivity contribution in [1.29, 1.82) is 0 Å². The van der Waals surface area contributed by atoms with Gasteiger partial charge in [-0.05, 0) is 97.2 Å². The van der Waals surface area contributed by atoms with Crippen LogP contribution in [0.3, 0.4) is 0 Å². The summed E-state index contributed by atoms with van der Waals surface area (Å²) < 4.78 is 0. The van der Waals surface area contributed by atoms with Crippen LogP contribution in [0, 0.1) is 50.2 Å². The molecule has 5 nitrogen and oxygen atoms in total. The van der Waals surface area contributed by atoms with Crippen molar-refractivity contribution in [1.82, 2.24) is 0 Å². The Labute approximate surface area is 210 Å². The molecular formula is C30H46O5. The second kappa shape index (κ2) is 7.43. The number of aliphatic hydroxyl groups is 2. The van der Waals surface area contributed by atoms with Crippen molar-refractivity contribution < 1.29 is 24.9 Å². The number of carboxylic acids is 1. The highest BCUT2D eigenvalue weighted by Crippen LogP contribution is 2.75. The van der Waals surface area contributed by atoms with Crippen LogP contribution < -0.4 is 0 Å². The third-order valence-electron chi connectivity index (χ3n) is 13.0. The fraction of sp³-hybridized carbons (Fsp3) is 0.867. The normalized spacial score (nSPS) is 54.9. The molecule has 0 aromatic carbocycles. The van der Waals surface area contributed by atoms with E-state index >= 15 is 0 Å². The van der Waals surface area contributed by atoms with Crippen molar-refractivity contribution >= 4 is 12.3 Å². The largest absolute Gasteiger partial charge is 0.481 e. The minimum atomic E-state index is -1.09. The lowest BCUT2D eigenvalue weighted by Crippen LogP contribution is -2.67. The molecule has 0 heterocycles. The summed E-state index contributed by atoms with van der Waals surface area (Å²) in [5.41, 5.74) is -0.934. The van der Waals surface area contributed by atoms with Crippen molar-refractivity contribution in [3.05, 3.63) is 11.6 Å². The molecule has 0 amide bonds. The van der Waals surface area contributed by atoms with Gasteiger partial charge in [0, 0.05) is 0 Å². The molecule has 35 heavy (non-hydrogen) atoms. The third-order valence-corrected chi connectivity index (χ3v) is 13.0. The van der Waals surface area contributed by atoms with Gasteiger partial charge in [-0.1, -0.05) is 53.2 Å². The summed E-state index contributed by atoms with van der Waals surface area (Å²) in [5, 5.41) is 33.0. The van der Waals surface area contributed by atoms with Crippen LogP contribution in [0.15, 0.2) is 11.6 Å². The first-order valence-corrected chi connectivity index (χ1v) is 13.9. The molecule has 0 aromatic heterocycles. The molecule has 5 rings (SSSR count). The molecule has 5 heteroatoms. The molecule has 5 aliphatic rings. The van der Waals surface area contributed by atoms with Gasteiger partial charge in [0.1, 0.15) is 11.7 Å². The SMILES string of the molecule is CC1(C)CC[C@]2(C(=O)O)C(O)C[C@]3(C)C(=CCC4C5(C)CC[C@H](O)[C@](C)(C=O)[C@@H]5CC[C@@]43C)C2C1. The van der Waals surface area contributed by atoms with Crippen LogP contribution in [-0.4, -0.2) is 39.8 Å². The zero-order valence-corrected chi connectivity index (χ0v) is 22.6. The highest BCUT2D eigenvalue weighted by atomic mass is 16.4. The van der Waals surface area contributed by atoms with Gasteiger partial charge in [-0.15, -0.1) is 0 Å². The van der Waals surface area contributed by atoms with Gasteiger partial charge in [0.2, 0.25) is 0 Å². The summed E-state index contributed by atoms with van der Waals surface area (Å²) in [6.45, 7) is 13.5. The van der Waals surface area contributed by atoms with E-state index in [1.807, 2.05) is 6.92 Å².